The molecule has 0 bridgehead atoms. The first-order valence-corrected chi connectivity index (χ1v) is 5.20. The van der Waals surface area contributed by atoms with Gasteiger partial charge in [-0.25, -0.2) is 4.39 Å². The first-order valence-electron chi connectivity index (χ1n) is 4.26. The molecule has 2 rings (SSSR count). The molecule has 0 nitrogen and oxygen atoms in total. The van der Waals surface area contributed by atoms with Crippen LogP contribution in [0.3, 0.4) is 0 Å². The summed E-state index contributed by atoms with van der Waals surface area (Å²) in [6, 6.07) is 7.17. The summed E-state index contributed by atoms with van der Waals surface area (Å²) in [4.78, 5) is 0. The lowest BCUT2D eigenvalue weighted by Crippen LogP contribution is -1.82. The molecule has 14 heavy (non-hydrogen) atoms. The van der Waals surface area contributed by atoms with Crippen molar-refractivity contribution in [3.63, 3.8) is 0 Å². The van der Waals surface area contributed by atoms with E-state index in [1.54, 1.807) is 23.5 Å². The van der Waals surface area contributed by atoms with Gasteiger partial charge in [-0.05, 0) is 34.0 Å². The number of benzene rings is 1. The Morgan fingerprint density at radius 2 is 2.07 bits per heavy atom. The van der Waals surface area contributed by atoms with Crippen molar-refractivity contribution in [1.29, 1.82) is 0 Å². The van der Waals surface area contributed by atoms with Crippen LogP contribution in [0.4, 0.5) is 4.39 Å². The molecule has 0 fully saturated rings. The standard InChI is InChI=1S/C12H9FS/c1-2-9-3-4-10(7-12(9)13)11-5-6-14-8-11/h2-8H,1H2. The van der Waals surface area contributed by atoms with Gasteiger partial charge in [-0.1, -0.05) is 24.8 Å². The predicted molar refractivity (Wildman–Crippen MR) is 59.8 cm³/mol. The molecule has 0 aliphatic heterocycles. The Hall–Kier alpha value is -1.41. The van der Waals surface area contributed by atoms with Crippen LogP contribution in [-0.2, 0) is 0 Å². The molecule has 0 amide bonds. The Kier molecular flexibility index (Phi) is 2.46. The van der Waals surface area contributed by atoms with Crippen LogP contribution < -0.4 is 0 Å². The smallest absolute Gasteiger partial charge is 0.131 e. The fourth-order valence-corrected chi connectivity index (χ4v) is 1.97. The van der Waals surface area contributed by atoms with E-state index in [-0.39, 0.29) is 5.82 Å². The second kappa shape index (κ2) is 3.76. The highest BCUT2D eigenvalue weighted by atomic mass is 32.1. The summed E-state index contributed by atoms with van der Waals surface area (Å²) < 4.78 is 13.4. The van der Waals surface area contributed by atoms with E-state index in [0.717, 1.165) is 11.1 Å². The maximum atomic E-state index is 13.4. The zero-order valence-corrected chi connectivity index (χ0v) is 8.35. The van der Waals surface area contributed by atoms with Gasteiger partial charge in [0, 0.05) is 5.56 Å². The van der Waals surface area contributed by atoms with E-state index < -0.39 is 0 Å². The molecule has 1 aromatic heterocycles. The van der Waals surface area contributed by atoms with Crippen molar-refractivity contribution in [1.82, 2.24) is 0 Å². The second-order valence-corrected chi connectivity index (χ2v) is 3.73. The fraction of sp³-hybridized carbons (Fsp3) is 0. The summed E-state index contributed by atoms with van der Waals surface area (Å²) >= 11 is 1.61. The highest BCUT2D eigenvalue weighted by Crippen LogP contribution is 2.24. The largest absolute Gasteiger partial charge is 0.206 e. The van der Waals surface area contributed by atoms with Crippen LogP contribution in [0.2, 0.25) is 0 Å². The number of halogens is 1. The summed E-state index contributed by atoms with van der Waals surface area (Å²) in [6.45, 7) is 3.55. The lowest BCUT2D eigenvalue weighted by Gasteiger charge is -2.00. The highest BCUT2D eigenvalue weighted by molar-refractivity contribution is 7.08. The minimum Gasteiger partial charge on any atom is -0.206 e. The molecule has 0 N–H and O–H groups in total. The topological polar surface area (TPSA) is 0 Å². The summed E-state index contributed by atoms with van der Waals surface area (Å²) in [5.74, 6) is -0.219. The molecule has 0 radical (unpaired) electrons. The van der Waals surface area contributed by atoms with Crippen LogP contribution in [0.25, 0.3) is 17.2 Å². The monoisotopic (exact) mass is 204 g/mol. The lowest BCUT2D eigenvalue weighted by molar-refractivity contribution is 0.625. The van der Waals surface area contributed by atoms with E-state index in [4.69, 9.17) is 0 Å². The van der Waals surface area contributed by atoms with Gasteiger partial charge in [0.1, 0.15) is 5.82 Å². The maximum Gasteiger partial charge on any atom is 0.131 e. The molecule has 1 aromatic carbocycles. The third-order valence-electron chi connectivity index (χ3n) is 2.07. The van der Waals surface area contributed by atoms with Gasteiger partial charge in [-0.3, -0.25) is 0 Å². The maximum absolute atomic E-state index is 13.4. The molecule has 0 spiro atoms. The molecule has 0 aliphatic rings. The van der Waals surface area contributed by atoms with Gasteiger partial charge in [0.25, 0.3) is 0 Å². The van der Waals surface area contributed by atoms with Crippen LogP contribution in [0, 0.1) is 5.82 Å². The van der Waals surface area contributed by atoms with E-state index in [1.807, 2.05) is 22.9 Å². The fourth-order valence-electron chi connectivity index (χ4n) is 1.30. The summed E-state index contributed by atoms with van der Waals surface area (Å²) in [5.41, 5.74) is 2.52. The normalized spacial score (nSPS) is 10.1. The molecular weight excluding hydrogens is 195 g/mol. The van der Waals surface area contributed by atoms with Crippen LogP contribution in [0.15, 0.2) is 41.6 Å². The summed E-state index contributed by atoms with van der Waals surface area (Å²) in [7, 11) is 0. The molecule has 70 valence electrons. The second-order valence-electron chi connectivity index (χ2n) is 2.95. The Balaban J connectivity index is 2.48. The van der Waals surface area contributed by atoms with Crippen molar-refractivity contribution in [3.05, 3.63) is 53.0 Å². The van der Waals surface area contributed by atoms with Crippen LogP contribution >= 0.6 is 11.3 Å². The van der Waals surface area contributed by atoms with Crippen molar-refractivity contribution in [2.24, 2.45) is 0 Å². The number of rotatable bonds is 2. The highest BCUT2D eigenvalue weighted by Gasteiger charge is 2.02. The number of hydrogen-bond donors (Lipinski definition) is 0. The SMILES string of the molecule is C=Cc1ccc(-c2ccsc2)cc1F. The van der Waals surface area contributed by atoms with Crippen molar-refractivity contribution in [2.75, 3.05) is 0 Å². The van der Waals surface area contributed by atoms with Gasteiger partial charge in [0.2, 0.25) is 0 Å². The van der Waals surface area contributed by atoms with Crippen molar-refractivity contribution in [2.45, 2.75) is 0 Å². The van der Waals surface area contributed by atoms with Gasteiger partial charge in [0.15, 0.2) is 0 Å². The van der Waals surface area contributed by atoms with Gasteiger partial charge in [0.05, 0.1) is 0 Å². The Labute approximate surface area is 86.3 Å². The molecule has 0 aliphatic carbocycles. The van der Waals surface area contributed by atoms with Crippen molar-refractivity contribution < 1.29 is 4.39 Å². The molecule has 1 heterocycles. The molecular formula is C12H9FS. The lowest BCUT2D eigenvalue weighted by atomic mass is 10.1. The number of thiophene rings is 1. The molecule has 0 atom stereocenters. The van der Waals surface area contributed by atoms with E-state index >= 15 is 0 Å². The average molecular weight is 204 g/mol. The van der Waals surface area contributed by atoms with Crippen LogP contribution in [-0.4, -0.2) is 0 Å². The third kappa shape index (κ3) is 1.61. The van der Waals surface area contributed by atoms with E-state index in [2.05, 4.69) is 6.58 Å². The first-order chi connectivity index (χ1) is 6.81. The Morgan fingerprint density at radius 1 is 1.21 bits per heavy atom. The number of hydrogen-bond acceptors (Lipinski definition) is 1. The average Bonchev–Trinajstić information content (AvgIpc) is 2.70. The van der Waals surface area contributed by atoms with E-state index in [9.17, 15) is 4.39 Å². The molecule has 2 aromatic rings. The molecule has 0 unspecified atom stereocenters. The van der Waals surface area contributed by atoms with E-state index in [0.29, 0.717) is 5.56 Å². The van der Waals surface area contributed by atoms with Gasteiger partial charge in [-0.15, -0.1) is 0 Å². The van der Waals surface area contributed by atoms with Gasteiger partial charge < -0.3 is 0 Å². The summed E-state index contributed by atoms with van der Waals surface area (Å²) in [5, 5.41) is 3.98. The Morgan fingerprint density at radius 3 is 2.64 bits per heavy atom. The molecule has 0 saturated heterocycles. The minimum atomic E-state index is -0.219. The first kappa shape index (κ1) is 9.16. The van der Waals surface area contributed by atoms with E-state index in [1.165, 1.54) is 6.08 Å². The van der Waals surface area contributed by atoms with Crippen molar-refractivity contribution in [3.8, 4) is 11.1 Å². The molecule has 0 saturated carbocycles. The Bertz CT molecular complexity index is 443. The zero-order valence-electron chi connectivity index (χ0n) is 7.53. The van der Waals surface area contributed by atoms with Crippen LogP contribution in [0.1, 0.15) is 5.56 Å². The molecule has 2 heteroatoms. The summed E-state index contributed by atoms with van der Waals surface area (Å²) in [6.07, 6.45) is 1.52. The van der Waals surface area contributed by atoms with Crippen molar-refractivity contribution >= 4 is 17.4 Å². The third-order valence-corrected chi connectivity index (χ3v) is 2.76. The van der Waals surface area contributed by atoms with Crippen LogP contribution in [0.5, 0.6) is 0 Å². The minimum absolute atomic E-state index is 0.219. The zero-order chi connectivity index (χ0) is 9.97. The quantitative estimate of drug-likeness (QED) is 0.687. The predicted octanol–water partition coefficient (Wildman–Crippen LogP) is 4.20. The van der Waals surface area contributed by atoms with Gasteiger partial charge in [-0.2, -0.15) is 11.3 Å². The van der Waals surface area contributed by atoms with Gasteiger partial charge >= 0.3 is 0 Å².